The summed E-state index contributed by atoms with van der Waals surface area (Å²) in [6.07, 6.45) is 3.34. The zero-order chi connectivity index (χ0) is 10.6. The van der Waals surface area contributed by atoms with Crippen LogP contribution in [-0.4, -0.2) is 13.1 Å². The number of rotatable bonds is 3. The molecule has 0 fully saturated rings. The lowest BCUT2D eigenvalue weighted by Gasteiger charge is -2.03. The average Bonchev–Trinajstić information content (AvgIpc) is 2.20. The summed E-state index contributed by atoms with van der Waals surface area (Å²) in [6.45, 7) is 1.92. The van der Waals surface area contributed by atoms with Gasteiger partial charge in [0.1, 0.15) is 0 Å². The van der Waals surface area contributed by atoms with Crippen molar-refractivity contribution in [2.75, 3.05) is 7.05 Å². The number of benzene rings is 1. The number of halogens is 2. The van der Waals surface area contributed by atoms with Crippen molar-refractivity contribution < 1.29 is 8.78 Å². The normalized spacial score (nSPS) is 13.4. The molecule has 14 heavy (non-hydrogen) atoms. The molecular formula is C11H13F2N. The molecule has 0 amide bonds. The van der Waals surface area contributed by atoms with E-state index in [0.717, 1.165) is 6.07 Å². The van der Waals surface area contributed by atoms with Crippen LogP contribution in [0, 0.1) is 11.6 Å². The fraction of sp³-hybridized carbons (Fsp3) is 0.273. The molecular weight excluding hydrogens is 184 g/mol. The SMILES string of the molecule is CNC(C)/C=C/c1cccc(F)c1F. The number of hydrogen-bond acceptors (Lipinski definition) is 1. The Kier molecular flexibility index (Phi) is 3.77. The largest absolute Gasteiger partial charge is 0.314 e. The fourth-order valence-electron chi connectivity index (χ4n) is 0.993. The molecule has 0 saturated heterocycles. The van der Waals surface area contributed by atoms with Gasteiger partial charge in [-0.05, 0) is 20.0 Å². The van der Waals surface area contributed by atoms with E-state index in [2.05, 4.69) is 5.32 Å². The van der Waals surface area contributed by atoms with Crippen LogP contribution >= 0.6 is 0 Å². The van der Waals surface area contributed by atoms with Crippen molar-refractivity contribution in [3.8, 4) is 0 Å². The molecule has 3 heteroatoms. The number of hydrogen-bond donors (Lipinski definition) is 1. The monoisotopic (exact) mass is 197 g/mol. The van der Waals surface area contributed by atoms with Crippen LogP contribution in [0.1, 0.15) is 12.5 Å². The van der Waals surface area contributed by atoms with E-state index in [1.54, 1.807) is 19.2 Å². The summed E-state index contributed by atoms with van der Waals surface area (Å²) >= 11 is 0. The Morgan fingerprint density at radius 1 is 1.36 bits per heavy atom. The third-order valence-electron chi connectivity index (χ3n) is 2.00. The highest BCUT2D eigenvalue weighted by molar-refractivity contribution is 5.50. The van der Waals surface area contributed by atoms with Gasteiger partial charge >= 0.3 is 0 Å². The second kappa shape index (κ2) is 4.86. The molecule has 1 atom stereocenters. The zero-order valence-corrected chi connectivity index (χ0v) is 8.22. The van der Waals surface area contributed by atoms with Gasteiger partial charge in [0.15, 0.2) is 11.6 Å². The van der Waals surface area contributed by atoms with Gasteiger partial charge in [-0.3, -0.25) is 0 Å². The number of nitrogens with one attached hydrogen (secondary N) is 1. The summed E-state index contributed by atoms with van der Waals surface area (Å²) in [5.74, 6) is -1.61. The van der Waals surface area contributed by atoms with E-state index in [-0.39, 0.29) is 11.6 Å². The second-order valence-corrected chi connectivity index (χ2v) is 3.08. The Morgan fingerprint density at radius 3 is 2.71 bits per heavy atom. The molecule has 0 aromatic heterocycles. The van der Waals surface area contributed by atoms with E-state index in [0.29, 0.717) is 0 Å². The Balaban J connectivity index is 2.86. The van der Waals surface area contributed by atoms with Crippen LogP contribution in [0.25, 0.3) is 6.08 Å². The minimum atomic E-state index is -0.815. The molecule has 1 nitrogen and oxygen atoms in total. The quantitative estimate of drug-likeness (QED) is 0.785. The van der Waals surface area contributed by atoms with Crippen LogP contribution in [0.2, 0.25) is 0 Å². The Bertz CT molecular complexity index is 334. The summed E-state index contributed by atoms with van der Waals surface area (Å²) in [7, 11) is 1.80. The third-order valence-corrected chi connectivity index (χ3v) is 2.00. The molecule has 1 unspecified atom stereocenters. The highest BCUT2D eigenvalue weighted by atomic mass is 19.2. The van der Waals surface area contributed by atoms with Crippen molar-refractivity contribution >= 4 is 6.08 Å². The maximum absolute atomic E-state index is 13.1. The Labute approximate surface area is 82.4 Å². The van der Waals surface area contributed by atoms with Crippen molar-refractivity contribution in [2.24, 2.45) is 0 Å². The van der Waals surface area contributed by atoms with Gasteiger partial charge in [-0.1, -0.05) is 24.3 Å². The van der Waals surface area contributed by atoms with Gasteiger partial charge in [-0.2, -0.15) is 0 Å². The smallest absolute Gasteiger partial charge is 0.166 e. The minimum Gasteiger partial charge on any atom is -0.314 e. The van der Waals surface area contributed by atoms with E-state index in [1.807, 2.05) is 6.92 Å². The highest BCUT2D eigenvalue weighted by Crippen LogP contribution is 2.12. The first kappa shape index (κ1) is 10.9. The lowest BCUT2D eigenvalue weighted by atomic mass is 10.1. The molecule has 1 N–H and O–H groups in total. The zero-order valence-electron chi connectivity index (χ0n) is 8.22. The molecule has 0 spiro atoms. The number of likely N-dealkylation sites (N-methyl/N-ethyl adjacent to an activating group) is 1. The summed E-state index contributed by atoms with van der Waals surface area (Å²) in [6, 6.07) is 4.27. The van der Waals surface area contributed by atoms with E-state index >= 15 is 0 Å². The van der Waals surface area contributed by atoms with Gasteiger partial charge in [0.25, 0.3) is 0 Å². The molecule has 1 rings (SSSR count). The fourth-order valence-corrected chi connectivity index (χ4v) is 0.993. The van der Waals surface area contributed by atoms with Gasteiger partial charge < -0.3 is 5.32 Å². The van der Waals surface area contributed by atoms with Crippen molar-refractivity contribution in [1.29, 1.82) is 0 Å². The third kappa shape index (κ3) is 2.64. The molecule has 1 aromatic carbocycles. The standard InChI is InChI=1S/C11H13F2N/c1-8(14-2)6-7-9-4-3-5-10(12)11(9)13/h3-8,14H,1-2H3/b7-6+. The van der Waals surface area contributed by atoms with E-state index in [4.69, 9.17) is 0 Å². The molecule has 0 aliphatic rings. The van der Waals surface area contributed by atoms with Crippen LogP contribution in [0.5, 0.6) is 0 Å². The Morgan fingerprint density at radius 2 is 2.07 bits per heavy atom. The predicted molar refractivity (Wildman–Crippen MR) is 53.9 cm³/mol. The molecule has 76 valence electrons. The van der Waals surface area contributed by atoms with E-state index < -0.39 is 11.6 Å². The van der Waals surface area contributed by atoms with Gasteiger partial charge in [-0.25, -0.2) is 8.78 Å². The predicted octanol–water partition coefficient (Wildman–Crippen LogP) is 2.59. The Hall–Kier alpha value is -1.22. The molecule has 0 bridgehead atoms. The lowest BCUT2D eigenvalue weighted by Crippen LogP contribution is -2.17. The van der Waals surface area contributed by atoms with Gasteiger partial charge in [0.05, 0.1) is 0 Å². The van der Waals surface area contributed by atoms with Crippen LogP contribution in [0.3, 0.4) is 0 Å². The molecule has 0 saturated carbocycles. The highest BCUT2D eigenvalue weighted by Gasteiger charge is 2.04. The maximum atomic E-state index is 13.1. The maximum Gasteiger partial charge on any atom is 0.166 e. The lowest BCUT2D eigenvalue weighted by molar-refractivity contribution is 0.507. The van der Waals surface area contributed by atoms with Crippen LogP contribution in [-0.2, 0) is 0 Å². The first-order valence-corrected chi connectivity index (χ1v) is 4.44. The van der Waals surface area contributed by atoms with Crippen molar-refractivity contribution in [1.82, 2.24) is 5.32 Å². The van der Waals surface area contributed by atoms with Crippen molar-refractivity contribution in [3.05, 3.63) is 41.5 Å². The molecule has 1 aromatic rings. The van der Waals surface area contributed by atoms with E-state index in [9.17, 15) is 8.78 Å². The topological polar surface area (TPSA) is 12.0 Å². The van der Waals surface area contributed by atoms with Gasteiger partial charge in [0.2, 0.25) is 0 Å². The second-order valence-electron chi connectivity index (χ2n) is 3.08. The summed E-state index contributed by atoms with van der Waals surface area (Å²) in [4.78, 5) is 0. The molecule has 0 heterocycles. The summed E-state index contributed by atoms with van der Waals surface area (Å²) < 4.78 is 25.9. The molecule has 0 aliphatic carbocycles. The van der Waals surface area contributed by atoms with Crippen molar-refractivity contribution in [2.45, 2.75) is 13.0 Å². The van der Waals surface area contributed by atoms with Gasteiger partial charge in [-0.15, -0.1) is 0 Å². The summed E-state index contributed by atoms with van der Waals surface area (Å²) in [5.41, 5.74) is 0.270. The van der Waals surface area contributed by atoms with Crippen LogP contribution in [0.15, 0.2) is 24.3 Å². The van der Waals surface area contributed by atoms with Crippen molar-refractivity contribution in [3.63, 3.8) is 0 Å². The molecule has 0 radical (unpaired) electrons. The average molecular weight is 197 g/mol. The first-order chi connectivity index (χ1) is 6.65. The first-order valence-electron chi connectivity index (χ1n) is 4.44. The molecule has 0 aliphatic heterocycles. The van der Waals surface area contributed by atoms with Gasteiger partial charge in [0, 0.05) is 11.6 Å². The van der Waals surface area contributed by atoms with Crippen LogP contribution < -0.4 is 5.32 Å². The minimum absolute atomic E-state index is 0.137. The van der Waals surface area contributed by atoms with Crippen LogP contribution in [0.4, 0.5) is 8.78 Å². The summed E-state index contributed by atoms with van der Waals surface area (Å²) in [5, 5.41) is 2.97. The van der Waals surface area contributed by atoms with E-state index in [1.165, 1.54) is 12.1 Å².